The van der Waals surface area contributed by atoms with Gasteiger partial charge >= 0.3 is 0 Å². The first-order valence-corrected chi connectivity index (χ1v) is 18.2. The number of benzene rings is 1. The zero-order valence-electron chi connectivity index (χ0n) is 20.8. The maximum Gasteiger partial charge on any atom is 0.238 e. The predicted octanol–water partition coefficient (Wildman–Crippen LogP) is 6.11. The minimum atomic E-state index is -3.75. The second-order valence-electron chi connectivity index (χ2n) is 11.4. The fraction of sp³-hybridized carbons (Fsp3) is 0.652. The van der Waals surface area contributed by atoms with Crippen LogP contribution in [0.2, 0.25) is 36.3 Å². The van der Waals surface area contributed by atoms with Crippen LogP contribution in [0, 0.1) is 0 Å². The third-order valence-electron chi connectivity index (χ3n) is 6.86. The van der Waals surface area contributed by atoms with E-state index >= 15 is 0 Å². The van der Waals surface area contributed by atoms with Gasteiger partial charge in [0.25, 0.3) is 0 Å². The van der Waals surface area contributed by atoms with Crippen LogP contribution in [0.15, 0.2) is 46.4 Å². The molecule has 5 nitrogen and oxygen atoms in total. The Bertz CT molecular complexity index is 894. The first-order chi connectivity index (χ1) is 13.9. The van der Waals surface area contributed by atoms with Crippen LogP contribution in [-0.2, 0) is 23.4 Å². The second kappa shape index (κ2) is 8.78. The highest BCUT2D eigenvalue weighted by atomic mass is 32.2. The van der Waals surface area contributed by atoms with E-state index in [9.17, 15) is 8.42 Å². The van der Waals surface area contributed by atoms with Gasteiger partial charge in [-0.1, -0.05) is 59.7 Å². The molecule has 0 spiro atoms. The van der Waals surface area contributed by atoms with Crippen LogP contribution in [-0.4, -0.2) is 43.9 Å². The van der Waals surface area contributed by atoms with Crippen molar-refractivity contribution in [1.29, 1.82) is 0 Å². The number of ether oxygens (including phenoxy) is 1. The van der Waals surface area contributed by atoms with E-state index in [1.807, 2.05) is 0 Å². The van der Waals surface area contributed by atoms with Crippen LogP contribution < -0.4 is 0 Å². The molecular formula is C23H40O5SSi2. The largest absolute Gasteiger partial charge is 0.480 e. The fourth-order valence-electron chi connectivity index (χ4n) is 2.71. The van der Waals surface area contributed by atoms with E-state index in [4.69, 9.17) is 13.6 Å². The third kappa shape index (κ3) is 5.90. The van der Waals surface area contributed by atoms with Gasteiger partial charge in [-0.15, -0.1) is 0 Å². The Balaban J connectivity index is 2.46. The molecule has 0 aromatic heterocycles. The lowest BCUT2D eigenvalue weighted by atomic mass is 10.2. The van der Waals surface area contributed by atoms with Crippen LogP contribution in [0.25, 0.3) is 0 Å². The van der Waals surface area contributed by atoms with E-state index in [1.54, 1.807) is 36.4 Å². The van der Waals surface area contributed by atoms with Gasteiger partial charge in [0, 0.05) is 6.08 Å². The van der Waals surface area contributed by atoms with E-state index in [2.05, 4.69) is 67.7 Å². The number of sulfone groups is 1. The second-order valence-corrected chi connectivity index (χ2v) is 22.8. The molecule has 1 aliphatic rings. The standard InChI is InChI=1S/C23H40O5SSi2/c1-22(2,3)30(7,8)27-19-16-21(29(24,25)18-14-12-11-13-15-18)26-17-20(19)28-31(9,10)23(4,5)6/h11-16,19-20H,17H2,1-10H3/t19-,20-/m1/s1. The van der Waals surface area contributed by atoms with Crippen LogP contribution in [0.4, 0.5) is 0 Å². The normalized spacial score (nSPS) is 21.4. The maximum atomic E-state index is 13.2. The first-order valence-electron chi connectivity index (χ1n) is 10.9. The summed E-state index contributed by atoms with van der Waals surface area (Å²) in [5.74, 6) is 0. The number of rotatable bonds is 6. The smallest absolute Gasteiger partial charge is 0.238 e. The molecule has 31 heavy (non-hydrogen) atoms. The van der Waals surface area contributed by atoms with Gasteiger partial charge in [0.1, 0.15) is 12.7 Å². The average Bonchev–Trinajstić information content (AvgIpc) is 2.61. The molecule has 0 bridgehead atoms. The lowest BCUT2D eigenvalue weighted by Gasteiger charge is -2.45. The van der Waals surface area contributed by atoms with Crippen molar-refractivity contribution in [3.63, 3.8) is 0 Å². The van der Waals surface area contributed by atoms with Gasteiger partial charge in [-0.05, 0) is 48.4 Å². The molecule has 0 unspecified atom stereocenters. The van der Waals surface area contributed by atoms with Crippen molar-refractivity contribution in [2.45, 2.75) is 94.9 Å². The van der Waals surface area contributed by atoms with Gasteiger partial charge in [0.05, 0.1) is 11.0 Å². The molecule has 2 rings (SSSR count). The maximum absolute atomic E-state index is 13.2. The molecule has 176 valence electrons. The zero-order valence-corrected chi connectivity index (χ0v) is 23.6. The summed E-state index contributed by atoms with van der Waals surface area (Å²) in [5, 5.41) is -0.0363. The highest BCUT2D eigenvalue weighted by Crippen LogP contribution is 2.42. The molecule has 0 saturated heterocycles. The molecule has 1 heterocycles. The molecular weight excluding hydrogens is 444 g/mol. The van der Waals surface area contributed by atoms with Gasteiger partial charge in [0.15, 0.2) is 16.6 Å². The van der Waals surface area contributed by atoms with E-state index in [-0.39, 0.29) is 32.8 Å². The Morgan fingerprint density at radius 3 is 1.84 bits per heavy atom. The lowest BCUT2D eigenvalue weighted by molar-refractivity contribution is -0.00146. The molecule has 0 amide bonds. The molecule has 1 aliphatic heterocycles. The van der Waals surface area contributed by atoms with E-state index in [0.717, 1.165) is 0 Å². The summed E-state index contributed by atoms with van der Waals surface area (Å²) in [4.78, 5) is 0.219. The Kier molecular flexibility index (Phi) is 7.45. The van der Waals surface area contributed by atoms with Crippen molar-refractivity contribution in [3.05, 3.63) is 41.5 Å². The van der Waals surface area contributed by atoms with E-state index in [0.29, 0.717) is 0 Å². The highest BCUT2D eigenvalue weighted by Gasteiger charge is 2.46. The van der Waals surface area contributed by atoms with Gasteiger partial charge in [-0.25, -0.2) is 8.42 Å². The number of hydrogen-bond donors (Lipinski definition) is 0. The molecule has 1 aromatic carbocycles. The first kappa shape index (κ1) is 26.3. The summed E-state index contributed by atoms with van der Waals surface area (Å²) in [7, 11) is -8.04. The quantitative estimate of drug-likeness (QED) is 0.456. The molecule has 8 heteroatoms. The van der Waals surface area contributed by atoms with Gasteiger partial charge in [0.2, 0.25) is 14.9 Å². The molecule has 0 radical (unpaired) electrons. The third-order valence-corrected chi connectivity index (χ3v) is 17.5. The molecule has 0 aliphatic carbocycles. The van der Waals surface area contributed by atoms with Crippen molar-refractivity contribution >= 4 is 26.5 Å². The molecule has 0 N–H and O–H groups in total. The number of hydrogen-bond acceptors (Lipinski definition) is 5. The van der Waals surface area contributed by atoms with Crippen molar-refractivity contribution in [3.8, 4) is 0 Å². The Morgan fingerprint density at radius 1 is 0.871 bits per heavy atom. The van der Waals surface area contributed by atoms with Crippen molar-refractivity contribution in [2.24, 2.45) is 0 Å². The minimum Gasteiger partial charge on any atom is -0.480 e. The van der Waals surface area contributed by atoms with Crippen LogP contribution >= 0.6 is 0 Å². The Labute approximate surface area is 191 Å². The van der Waals surface area contributed by atoms with Gasteiger partial charge in [-0.2, -0.15) is 0 Å². The molecule has 0 fully saturated rings. The van der Waals surface area contributed by atoms with Crippen LogP contribution in [0.5, 0.6) is 0 Å². The highest BCUT2D eigenvalue weighted by molar-refractivity contribution is 7.95. The van der Waals surface area contributed by atoms with Crippen molar-refractivity contribution < 1.29 is 22.0 Å². The van der Waals surface area contributed by atoms with Crippen LogP contribution in [0.3, 0.4) is 0 Å². The SMILES string of the molecule is CC(C)(C)[Si](C)(C)O[C@@H]1C=C(S(=O)(=O)c2ccccc2)OC[C@H]1O[Si](C)(C)C(C)(C)C. The summed E-state index contributed by atoms with van der Waals surface area (Å²) < 4.78 is 45.5. The lowest BCUT2D eigenvalue weighted by Crippen LogP contribution is -2.54. The summed E-state index contributed by atoms with van der Waals surface area (Å²) in [5.41, 5.74) is 0. The zero-order chi connectivity index (χ0) is 23.9. The summed E-state index contributed by atoms with van der Waals surface area (Å²) in [6.45, 7) is 22.0. The fourth-order valence-corrected chi connectivity index (χ4v) is 6.57. The van der Waals surface area contributed by atoms with E-state index < -0.39 is 32.6 Å². The van der Waals surface area contributed by atoms with Crippen molar-refractivity contribution in [2.75, 3.05) is 6.61 Å². The summed E-state index contributed by atoms with van der Waals surface area (Å²) in [6.07, 6.45) is 0.811. The van der Waals surface area contributed by atoms with E-state index in [1.165, 1.54) is 0 Å². The molecule has 2 atom stereocenters. The topological polar surface area (TPSA) is 61.8 Å². The average molecular weight is 485 g/mol. The Morgan fingerprint density at radius 2 is 1.35 bits per heavy atom. The monoisotopic (exact) mass is 484 g/mol. The van der Waals surface area contributed by atoms with Crippen LogP contribution in [0.1, 0.15) is 41.5 Å². The summed E-state index contributed by atoms with van der Waals surface area (Å²) >= 11 is 0. The Hall–Kier alpha value is -0.936. The molecule has 1 aromatic rings. The van der Waals surface area contributed by atoms with Gasteiger partial charge in [-0.3, -0.25) is 0 Å². The van der Waals surface area contributed by atoms with Gasteiger partial charge < -0.3 is 13.6 Å². The van der Waals surface area contributed by atoms with Crippen molar-refractivity contribution in [1.82, 2.24) is 0 Å². The predicted molar refractivity (Wildman–Crippen MR) is 132 cm³/mol. The molecule has 0 saturated carbocycles. The minimum absolute atomic E-state index is 0.0147. The summed E-state index contributed by atoms with van der Waals surface area (Å²) in [6, 6.07) is 8.39.